The fraction of sp³-hybridized carbons (Fsp3) is 0.417. The number of halogens is 4. The van der Waals surface area contributed by atoms with Crippen molar-refractivity contribution in [2.75, 3.05) is 13.2 Å². The first-order chi connectivity index (χ1) is 17.2. The molecule has 2 aromatic heterocycles. The third kappa shape index (κ3) is 4.84. The van der Waals surface area contributed by atoms with Crippen LogP contribution in [0.5, 0.6) is 5.75 Å². The molecule has 2 amide bonds. The number of carbonyl (C=O) groups is 1. The van der Waals surface area contributed by atoms with Crippen molar-refractivity contribution in [3.8, 4) is 5.75 Å². The van der Waals surface area contributed by atoms with E-state index < -0.39 is 17.8 Å². The van der Waals surface area contributed by atoms with E-state index in [0.29, 0.717) is 41.9 Å². The van der Waals surface area contributed by atoms with Gasteiger partial charge in [0.05, 0.1) is 30.8 Å². The highest BCUT2D eigenvalue weighted by Gasteiger charge is 2.37. The zero-order valence-electron chi connectivity index (χ0n) is 19.4. The predicted octanol–water partition coefficient (Wildman–Crippen LogP) is 5.07. The topological polar surface area (TPSA) is 85.2 Å². The Hall–Kier alpha value is -3.34. The van der Waals surface area contributed by atoms with Gasteiger partial charge in [0, 0.05) is 24.7 Å². The second-order valence-electron chi connectivity index (χ2n) is 8.92. The molecule has 0 bridgehead atoms. The quantitative estimate of drug-likeness (QED) is 0.485. The number of rotatable bonds is 4. The Labute approximate surface area is 210 Å². The maximum atomic E-state index is 13.4. The molecule has 1 N–H and O–H groups in total. The van der Waals surface area contributed by atoms with Crippen LogP contribution in [0.3, 0.4) is 0 Å². The zero-order valence-corrected chi connectivity index (χ0v) is 20.2. The van der Waals surface area contributed by atoms with Gasteiger partial charge in [0.15, 0.2) is 5.82 Å². The number of alkyl halides is 3. The predicted molar refractivity (Wildman–Crippen MR) is 125 cm³/mol. The number of fused-ring (bicyclic) bond motifs is 1. The molecule has 0 spiro atoms. The molecule has 2 aliphatic heterocycles. The van der Waals surface area contributed by atoms with E-state index in [4.69, 9.17) is 16.3 Å². The Morgan fingerprint density at radius 3 is 2.81 bits per heavy atom. The molecule has 5 rings (SSSR count). The number of carbonyl (C=O) groups excluding carboxylic acids is 1. The lowest BCUT2D eigenvalue weighted by Gasteiger charge is -2.31. The van der Waals surface area contributed by atoms with E-state index in [-0.39, 0.29) is 24.4 Å². The van der Waals surface area contributed by atoms with Crippen molar-refractivity contribution < 1.29 is 22.7 Å². The van der Waals surface area contributed by atoms with Gasteiger partial charge in [-0.1, -0.05) is 23.7 Å². The average Bonchev–Trinajstić information content (AvgIpc) is 3.47. The molecular weight excluding hydrogens is 497 g/mol. The minimum absolute atomic E-state index is 0.145. The number of aryl methyl sites for hydroxylation is 1. The van der Waals surface area contributed by atoms with Crippen molar-refractivity contribution in [2.45, 2.75) is 51.0 Å². The van der Waals surface area contributed by atoms with Crippen molar-refractivity contribution in [2.24, 2.45) is 0 Å². The molecule has 8 nitrogen and oxygen atoms in total. The Kier molecular flexibility index (Phi) is 6.50. The molecular formula is C24H24ClF3N6O2. The van der Waals surface area contributed by atoms with E-state index in [2.05, 4.69) is 20.5 Å². The summed E-state index contributed by atoms with van der Waals surface area (Å²) in [6, 6.07) is 5.95. The number of hydrogen-bond acceptors (Lipinski definition) is 5. The third-order valence-electron chi connectivity index (χ3n) is 6.58. The normalized spacial score (nSPS) is 19.6. The van der Waals surface area contributed by atoms with Gasteiger partial charge >= 0.3 is 12.2 Å². The number of ether oxygens (including phenoxy) is 1. The average molecular weight is 521 g/mol. The number of pyridine rings is 1. The Morgan fingerprint density at radius 1 is 1.22 bits per heavy atom. The SMILES string of the molecule is Cc1nnc([C@H]2CCCN2C(=O)N[C@H]2CCOc3cc(C(F)(F)F)ccc32)n1Cc1ccc(Cl)nc1. The second-order valence-corrected chi connectivity index (χ2v) is 9.31. The summed E-state index contributed by atoms with van der Waals surface area (Å²) >= 11 is 5.90. The van der Waals surface area contributed by atoms with Gasteiger partial charge in [-0.2, -0.15) is 13.2 Å². The summed E-state index contributed by atoms with van der Waals surface area (Å²) < 4.78 is 46.8. The van der Waals surface area contributed by atoms with Gasteiger partial charge < -0.3 is 19.5 Å². The van der Waals surface area contributed by atoms with Gasteiger partial charge in [-0.15, -0.1) is 10.2 Å². The number of urea groups is 1. The van der Waals surface area contributed by atoms with Gasteiger partial charge in [-0.3, -0.25) is 0 Å². The van der Waals surface area contributed by atoms with Crippen LogP contribution in [0.2, 0.25) is 5.15 Å². The fourth-order valence-electron chi connectivity index (χ4n) is 4.75. The van der Waals surface area contributed by atoms with Crippen LogP contribution in [-0.2, 0) is 12.7 Å². The second kappa shape index (κ2) is 9.61. The molecule has 4 heterocycles. The first kappa shape index (κ1) is 24.4. The highest BCUT2D eigenvalue weighted by molar-refractivity contribution is 6.29. The summed E-state index contributed by atoms with van der Waals surface area (Å²) in [6.07, 6.45) is -0.790. The number of likely N-dealkylation sites (tertiary alicyclic amines) is 1. The first-order valence-electron chi connectivity index (χ1n) is 11.6. The number of nitrogens with one attached hydrogen (secondary N) is 1. The van der Waals surface area contributed by atoms with E-state index in [1.54, 1.807) is 17.2 Å². The molecule has 0 radical (unpaired) electrons. The highest BCUT2D eigenvalue weighted by Crippen LogP contribution is 2.39. The van der Waals surface area contributed by atoms with Crippen LogP contribution in [0.4, 0.5) is 18.0 Å². The number of amides is 2. The molecule has 2 aliphatic rings. The number of aromatic nitrogens is 4. The van der Waals surface area contributed by atoms with Crippen LogP contribution in [0, 0.1) is 6.92 Å². The van der Waals surface area contributed by atoms with Gasteiger partial charge in [-0.05, 0) is 43.5 Å². The van der Waals surface area contributed by atoms with Crippen molar-refractivity contribution in [3.63, 3.8) is 0 Å². The molecule has 0 saturated carbocycles. The molecule has 2 atom stereocenters. The molecule has 190 valence electrons. The minimum Gasteiger partial charge on any atom is -0.493 e. The first-order valence-corrected chi connectivity index (χ1v) is 12.0. The molecule has 3 aromatic rings. The standard InChI is InChI=1S/C24H24ClF3N6O2/c1-14-31-32-22(34(14)13-15-4-7-21(25)29-12-15)19-3-2-9-33(19)23(35)30-18-8-10-36-20-11-16(24(26,27)28)5-6-17(18)20/h4-7,11-12,18-19H,2-3,8-10,13H2,1H3,(H,30,35)/t18-,19+/m0/s1. The molecule has 12 heteroatoms. The van der Waals surface area contributed by atoms with Gasteiger partial charge in [0.1, 0.15) is 16.7 Å². The van der Waals surface area contributed by atoms with E-state index in [1.165, 1.54) is 6.07 Å². The summed E-state index contributed by atoms with van der Waals surface area (Å²) in [5.41, 5.74) is 0.681. The molecule has 0 unspecified atom stereocenters. The maximum Gasteiger partial charge on any atom is 0.416 e. The van der Waals surface area contributed by atoms with Crippen LogP contribution < -0.4 is 10.1 Å². The Balaban J connectivity index is 1.34. The van der Waals surface area contributed by atoms with Crippen LogP contribution in [0.25, 0.3) is 0 Å². The molecule has 1 saturated heterocycles. The van der Waals surface area contributed by atoms with E-state index in [9.17, 15) is 18.0 Å². The number of hydrogen-bond donors (Lipinski definition) is 1. The number of benzene rings is 1. The van der Waals surface area contributed by atoms with Crippen molar-refractivity contribution in [1.82, 2.24) is 30.0 Å². The molecule has 0 aliphatic carbocycles. The highest BCUT2D eigenvalue weighted by atomic mass is 35.5. The lowest BCUT2D eigenvalue weighted by atomic mass is 9.98. The van der Waals surface area contributed by atoms with Gasteiger partial charge in [0.2, 0.25) is 0 Å². The largest absolute Gasteiger partial charge is 0.493 e. The Bertz CT molecular complexity index is 1260. The minimum atomic E-state index is -4.46. The van der Waals surface area contributed by atoms with E-state index in [0.717, 1.165) is 30.5 Å². The monoisotopic (exact) mass is 520 g/mol. The van der Waals surface area contributed by atoms with Crippen LogP contribution in [0.15, 0.2) is 36.5 Å². The van der Waals surface area contributed by atoms with E-state index >= 15 is 0 Å². The van der Waals surface area contributed by atoms with Gasteiger partial charge in [-0.25, -0.2) is 9.78 Å². The third-order valence-corrected chi connectivity index (χ3v) is 6.81. The summed E-state index contributed by atoms with van der Waals surface area (Å²) in [5, 5.41) is 12.0. The smallest absolute Gasteiger partial charge is 0.416 e. The van der Waals surface area contributed by atoms with Crippen molar-refractivity contribution in [3.05, 3.63) is 70.0 Å². The summed E-state index contributed by atoms with van der Waals surface area (Å²) in [6.45, 7) is 3.09. The van der Waals surface area contributed by atoms with Crippen molar-refractivity contribution >= 4 is 17.6 Å². The van der Waals surface area contributed by atoms with Crippen LogP contribution >= 0.6 is 11.6 Å². The Morgan fingerprint density at radius 2 is 2.06 bits per heavy atom. The molecule has 1 fully saturated rings. The maximum absolute atomic E-state index is 13.4. The van der Waals surface area contributed by atoms with Crippen LogP contribution in [-0.4, -0.2) is 43.8 Å². The molecule has 36 heavy (non-hydrogen) atoms. The zero-order chi connectivity index (χ0) is 25.4. The molecule has 1 aromatic carbocycles. The summed E-state index contributed by atoms with van der Waals surface area (Å²) in [4.78, 5) is 19.2. The number of nitrogens with zero attached hydrogens (tertiary/aromatic N) is 5. The lowest BCUT2D eigenvalue weighted by molar-refractivity contribution is -0.137. The summed E-state index contributed by atoms with van der Waals surface area (Å²) in [7, 11) is 0. The van der Waals surface area contributed by atoms with Crippen LogP contribution in [0.1, 0.15) is 59.7 Å². The summed E-state index contributed by atoms with van der Waals surface area (Å²) in [5.74, 6) is 1.54. The van der Waals surface area contributed by atoms with E-state index in [1.807, 2.05) is 17.6 Å². The van der Waals surface area contributed by atoms with Gasteiger partial charge in [0.25, 0.3) is 0 Å². The lowest BCUT2D eigenvalue weighted by Crippen LogP contribution is -2.43. The fourth-order valence-corrected chi connectivity index (χ4v) is 4.86. The van der Waals surface area contributed by atoms with Crippen molar-refractivity contribution in [1.29, 1.82) is 0 Å².